The summed E-state index contributed by atoms with van der Waals surface area (Å²) in [4.78, 5) is 26.7. The van der Waals surface area contributed by atoms with E-state index in [9.17, 15) is 9.59 Å². The van der Waals surface area contributed by atoms with Gasteiger partial charge in [0, 0.05) is 29.6 Å². The number of nitrogens with two attached hydrogens (primary N) is 1. The Hall–Kier alpha value is -2.87. The second-order valence-electron chi connectivity index (χ2n) is 9.62. The van der Waals surface area contributed by atoms with Crippen LogP contribution in [0.3, 0.4) is 0 Å². The molecule has 2 saturated carbocycles. The summed E-state index contributed by atoms with van der Waals surface area (Å²) in [7, 11) is 0. The van der Waals surface area contributed by atoms with Crippen LogP contribution in [0.1, 0.15) is 67.7 Å². The number of hydrogen-bond acceptors (Lipinski definition) is 5. The van der Waals surface area contributed by atoms with Gasteiger partial charge in [0.15, 0.2) is 0 Å². The molecule has 0 unspecified atom stereocenters. The summed E-state index contributed by atoms with van der Waals surface area (Å²) < 4.78 is 7.32. The van der Waals surface area contributed by atoms with Gasteiger partial charge >= 0.3 is 0 Å². The zero-order valence-corrected chi connectivity index (χ0v) is 18.6. The smallest absolute Gasteiger partial charge is 0.270 e. The van der Waals surface area contributed by atoms with Crippen molar-refractivity contribution in [1.29, 1.82) is 0 Å². The Morgan fingerprint density at radius 1 is 1.16 bits per heavy atom. The van der Waals surface area contributed by atoms with Crippen molar-refractivity contribution in [3.05, 3.63) is 41.7 Å². The van der Waals surface area contributed by atoms with Gasteiger partial charge in [-0.25, -0.2) is 0 Å². The molecular formula is C24H31N5O3. The molecular weight excluding hydrogens is 406 g/mol. The number of rotatable bonds is 8. The van der Waals surface area contributed by atoms with Crippen molar-refractivity contribution in [2.24, 2.45) is 23.5 Å². The first-order valence-electron chi connectivity index (χ1n) is 11.6. The van der Waals surface area contributed by atoms with Crippen LogP contribution in [0.5, 0.6) is 5.75 Å². The van der Waals surface area contributed by atoms with Crippen LogP contribution in [-0.2, 0) is 4.79 Å². The van der Waals surface area contributed by atoms with Crippen molar-refractivity contribution in [2.45, 2.75) is 57.7 Å². The number of hydrogen-bond donors (Lipinski definition) is 3. The Balaban J connectivity index is 1.38. The molecule has 0 spiro atoms. The van der Waals surface area contributed by atoms with E-state index in [1.165, 1.54) is 0 Å². The average Bonchev–Trinajstić information content (AvgIpc) is 3.69. The molecule has 32 heavy (non-hydrogen) atoms. The summed E-state index contributed by atoms with van der Waals surface area (Å²) in [6.45, 7) is 4.40. The Bertz CT molecular complexity index is 1010. The minimum Gasteiger partial charge on any atom is -0.491 e. The molecule has 2 aromatic rings. The summed E-state index contributed by atoms with van der Waals surface area (Å²) >= 11 is 0. The van der Waals surface area contributed by atoms with Gasteiger partial charge in [0.1, 0.15) is 24.1 Å². The number of amides is 2. The van der Waals surface area contributed by atoms with Crippen molar-refractivity contribution < 1.29 is 14.3 Å². The molecule has 5 rings (SSSR count). The second kappa shape index (κ2) is 8.24. The summed E-state index contributed by atoms with van der Waals surface area (Å²) in [5.41, 5.74) is 8.11. The lowest BCUT2D eigenvalue weighted by atomic mass is 9.88. The predicted octanol–water partition coefficient (Wildman–Crippen LogP) is 3.03. The van der Waals surface area contributed by atoms with E-state index in [2.05, 4.69) is 15.7 Å². The molecule has 170 valence electrons. The highest BCUT2D eigenvalue weighted by Gasteiger charge is 2.48. The number of carbonyl (C=O) groups is 2. The van der Waals surface area contributed by atoms with Crippen molar-refractivity contribution in [3.8, 4) is 5.75 Å². The Labute approximate surface area is 187 Å². The summed E-state index contributed by atoms with van der Waals surface area (Å²) in [6, 6.07) is 6.59. The van der Waals surface area contributed by atoms with Gasteiger partial charge in [0.05, 0.1) is 6.04 Å². The molecule has 2 heterocycles. The third-order valence-electron chi connectivity index (χ3n) is 6.78. The lowest BCUT2D eigenvalue weighted by molar-refractivity contribution is -0.119. The summed E-state index contributed by atoms with van der Waals surface area (Å²) in [5, 5.41) is 10.4. The van der Waals surface area contributed by atoms with Crippen LogP contribution in [0.4, 0.5) is 5.69 Å². The number of nitrogens with zero attached hydrogens (tertiary/aromatic N) is 2. The molecule has 2 atom stereocenters. The van der Waals surface area contributed by atoms with Gasteiger partial charge in [-0.3, -0.25) is 14.3 Å². The number of nitrogens with one attached hydrogen (secondary N) is 2. The standard InChI is InChI=1S/C24H31N5O3/c1-13(2)29-19(9-10-26-29)23(30)28-22(21(14-3-4-14)15-5-6-15)24(31)27-16-7-8-17-18(25)12-32-20(17)11-16/h7-11,13-15,18,21-22H,3-6,12,25H2,1-2H3,(H,27,31)(H,28,30)/t18-,22+/m1/s1. The zero-order chi connectivity index (χ0) is 22.4. The van der Waals surface area contributed by atoms with E-state index in [0.29, 0.717) is 35.6 Å². The number of carbonyl (C=O) groups excluding carboxylic acids is 2. The molecule has 1 aromatic heterocycles. The van der Waals surface area contributed by atoms with Gasteiger partial charge < -0.3 is 21.1 Å². The fourth-order valence-corrected chi connectivity index (χ4v) is 4.88. The molecule has 8 nitrogen and oxygen atoms in total. The topological polar surface area (TPSA) is 111 Å². The SMILES string of the molecule is CC(C)n1nccc1C(=O)N[C@H](C(=O)Nc1ccc2c(c1)OC[C@H]2N)C(C1CC1)C1CC1. The molecule has 0 bridgehead atoms. The Morgan fingerprint density at radius 3 is 2.53 bits per heavy atom. The fourth-order valence-electron chi connectivity index (χ4n) is 4.88. The third kappa shape index (κ3) is 4.11. The molecule has 2 aliphatic carbocycles. The lowest BCUT2D eigenvalue weighted by Gasteiger charge is -2.28. The quantitative estimate of drug-likeness (QED) is 0.588. The van der Waals surface area contributed by atoms with Gasteiger partial charge in [-0.1, -0.05) is 6.07 Å². The van der Waals surface area contributed by atoms with Crippen LogP contribution < -0.4 is 21.1 Å². The van der Waals surface area contributed by atoms with Crippen molar-refractivity contribution >= 4 is 17.5 Å². The van der Waals surface area contributed by atoms with Crippen molar-refractivity contribution in [1.82, 2.24) is 15.1 Å². The first kappa shape index (κ1) is 21.0. The lowest BCUT2D eigenvalue weighted by Crippen LogP contribution is -2.50. The van der Waals surface area contributed by atoms with E-state index in [0.717, 1.165) is 31.2 Å². The van der Waals surface area contributed by atoms with Gasteiger partial charge in [-0.2, -0.15) is 5.10 Å². The molecule has 8 heteroatoms. The van der Waals surface area contributed by atoms with Crippen LogP contribution in [0.15, 0.2) is 30.5 Å². The van der Waals surface area contributed by atoms with E-state index in [-0.39, 0.29) is 29.8 Å². The van der Waals surface area contributed by atoms with Crippen LogP contribution in [0, 0.1) is 17.8 Å². The fraction of sp³-hybridized carbons (Fsp3) is 0.542. The van der Waals surface area contributed by atoms with Gasteiger partial charge in [0.2, 0.25) is 5.91 Å². The number of anilines is 1. The van der Waals surface area contributed by atoms with E-state index >= 15 is 0 Å². The third-order valence-corrected chi connectivity index (χ3v) is 6.78. The molecule has 1 aliphatic heterocycles. The number of fused-ring (bicyclic) bond motifs is 1. The largest absolute Gasteiger partial charge is 0.491 e. The normalized spacial score (nSPS) is 20.7. The van der Waals surface area contributed by atoms with Crippen LogP contribution in [0.2, 0.25) is 0 Å². The van der Waals surface area contributed by atoms with Crippen LogP contribution in [-0.4, -0.2) is 34.2 Å². The molecule has 1 aromatic carbocycles. The second-order valence-corrected chi connectivity index (χ2v) is 9.62. The minimum atomic E-state index is -0.588. The van der Waals surface area contributed by atoms with Crippen molar-refractivity contribution in [3.63, 3.8) is 0 Å². The highest BCUT2D eigenvalue weighted by atomic mass is 16.5. The Morgan fingerprint density at radius 2 is 1.88 bits per heavy atom. The molecule has 3 aliphatic rings. The van der Waals surface area contributed by atoms with E-state index in [1.54, 1.807) is 16.9 Å². The molecule has 2 fully saturated rings. The maximum atomic E-state index is 13.5. The van der Waals surface area contributed by atoms with Gasteiger partial charge in [0.25, 0.3) is 5.91 Å². The summed E-state index contributed by atoms with van der Waals surface area (Å²) in [6.07, 6.45) is 6.10. The molecule has 0 radical (unpaired) electrons. The van der Waals surface area contributed by atoms with Crippen LogP contribution in [0.25, 0.3) is 0 Å². The minimum absolute atomic E-state index is 0.0541. The zero-order valence-electron chi connectivity index (χ0n) is 18.6. The Kier molecular flexibility index (Phi) is 5.41. The van der Waals surface area contributed by atoms with Gasteiger partial charge in [-0.05, 0) is 69.4 Å². The first-order chi connectivity index (χ1) is 15.4. The number of aromatic nitrogens is 2. The van der Waals surface area contributed by atoms with Crippen molar-refractivity contribution in [2.75, 3.05) is 11.9 Å². The van der Waals surface area contributed by atoms with E-state index in [4.69, 9.17) is 10.5 Å². The highest BCUT2D eigenvalue weighted by Crippen LogP contribution is 2.51. The monoisotopic (exact) mass is 437 g/mol. The predicted molar refractivity (Wildman–Crippen MR) is 120 cm³/mol. The molecule has 4 N–H and O–H groups in total. The van der Waals surface area contributed by atoms with E-state index in [1.807, 2.05) is 32.0 Å². The summed E-state index contributed by atoms with van der Waals surface area (Å²) in [5.74, 6) is 1.42. The van der Waals surface area contributed by atoms with E-state index < -0.39 is 6.04 Å². The molecule has 0 saturated heterocycles. The number of benzene rings is 1. The number of ether oxygens (including phenoxy) is 1. The maximum absolute atomic E-state index is 13.5. The average molecular weight is 438 g/mol. The first-order valence-corrected chi connectivity index (χ1v) is 11.6. The maximum Gasteiger partial charge on any atom is 0.270 e. The van der Waals surface area contributed by atoms with Gasteiger partial charge in [-0.15, -0.1) is 0 Å². The highest BCUT2D eigenvalue weighted by molar-refractivity contribution is 6.01. The molecule has 2 amide bonds. The van der Waals surface area contributed by atoms with Crippen LogP contribution >= 0.6 is 0 Å².